The van der Waals surface area contributed by atoms with E-state index in [0.29, 0.717) is 27.3 Å². The van der Waals surface area contributed by atoms with Gasteiger partial charge in [0.25, 0.3) is 0 Å². The monoisotopic (exact) mass is 318 g/mol. The highest BCUT2D eigenvalue weighted by atomic mass is 35.5. The lowest BCUT2D eigenvalue weighted by molar-refractivity contribution is 0.641. The van der Waals surface area contributed by atoms with Crippen LogP contribution in [0.2, 0.25) is 15.1 Å². The van der Waals surface area contributed by atoms with Gasteiger partial charge in [-0.1, -0.05) is 46.9 Å². The molecule has 1 heterocycles. The summed E-state index contributed by atoms with van der Waals surface area (Å²) < 4.78 is 1.66. The van der Waals surface area contributed by atoms with Gasteiger partial charge in [0.15, 0.2) is 0 Å². The van der Waals surface area contributed by atoms with Crippen molar-refractivity contribution in [2.24, 2.45) is 0 Å². The van der Waals surface area contributed by atoms with Crippen molar-refractivity contribution in [3.63, 3.8) is 0 Å². The molecule has 0 aliphatic rings. The molecule has 0 saturated heterocycles. The molecule has 0 fully saturated rings. The van der Waals surface area contributed by atoms with Crippen LogP contribution < -0.4 is 5.32 Å². The average Bonchev–Trinajstić information content (AvgIpc) is 2.82. The predicted octanol–water partition coefficient (Wildman–Crippen LogP) is 3.73. The Morgan fingerprint density at radius 2 is 1.89 bits per heavy atom. The molecule has 2 aromatic rings. The lowest BCUT2D eigenvalue weighted by Gasteiger charge is -2.10. The quantitative estimate of drug-likeness (QED) is 0.674. The summed E-state index contributed by atoms with van der Waals surface area (Å²) in [6, 6.07) is 3.29. The van der Waals surface area contributed by atoms with Crippen molar-refractivity contribution < 1.29 is 0 Å². The maximum Gasteiger partial charge on any atom is 0.0869 e. The van der Waals surface area contributed by atoms with Crippen molar-refractivity contribution in [1.29, 1.82) is 0 Å². The second-order valence-corrected chi connectivity index (χ2v) is 5.25. The van der Waals surface area contributed by atoms with E-state index in [9.17, 15) is 0 Å². The Balaban J connectivity index is 2.32. The van der Waals surface area contributed by atoms with Crippen LogP contribution >= 0.6 is 34.8 Å². The molecule has 1 aromatic carbocycles. The Labute approximate surface area is 126 Å². The minimum atomic E-state index is 0.418. The smallest absolute Gasteiger partial charge is 0.0869 e. The first-order valence-corrected chi connectivity index (χ1v) is 7.02. The molecule has 1 N–H and O–H groups in total. The number of aromatic nitrogens is 3. The van der Waals surface area contributed by atoms with Crippen LogP contribution in [-0.2, 0) is 6.54 Å². The van der Waals surface area contributed by atoms with E-state index in [-0.39, 0.29) is 0 Å². The number of hydrogen-bond acceptors (Lipinski definition) is 3. The Morgan fingerprint density at radius 3 is 2.63 bits per heavy atom. The average molecular weight is 320 g/mol. The lowest BCUT2D eigenvalue weighted by Crippen LogP contribution is -2.17. The molecule has 0 amide bonds. The third-order valence-electron chi connectivity index (χ3n) is 2.57. The van der Waals surface area contributed by atoms with E-state index in [1.807, 2.05) is 0 Å². The first kappa shape index (κ1) is 14.6. The number of halogens is 3. The van der Waals surface area contributed by atoms with Gasteiger partial charge in [-0.25, -0.2) is 4.68 Å². The molecule has 0 aliphatic carbocycles. The van der Waals surface area contributed by atoms with E-state index in [1.165, 1.54) is 0 Å². The van der Waals surface area contributed by atoms with E-state index < -0.39 is 0 Å². The zero-order valence-electron chi connectivity index (χ0n) is 10.3. The lowest BCUT2D eigenvalue weighted by atomic mass is 10.3. The summed E-state index contributed by atoms with van der Waals surface area (Å²) in [6.45, 7) is 3.70. The van der Waals surface area contributed by atoms with Gasteiger partial charge in [-0.15, -0.1) is 5.10 Å². The molecule has 0 atom stereocenters. The van der Waals surface area contributed by atoms with Crippen molar-refractivity contribution in [1.82, 2.24) is 20.3 Å². The van der Waals surface area contributed by atoms with Gasteiger partial charge in [0.2, 0.25) is 0 Å². The molecule has 7 heteroatoms. The van der Waals surface area contributed by atoms with Crippen LogP contribution in [0.3, 0.4) is 0 Å². The minimum absolute atomic E-state index is 0.418. The van der Waals surface area contributed by atoms with Crippen molar-refractivity contribution in [3.8, 4) is 5.69 Å². The van der Waals surface area contributed by atoms with Gasteiger partial charge in [-0.3, -0.25) is 0 Å². The van der Waals surface area contributed by atoms with Crippen LogP contribution in [0.25, 0.3) is 5.69 Å². The molecule has 0 aliphatic heterocycles. The molecule has 0 unspecified atom stereocenters. The van der Waals surface area contributed by atoms with Crippen LogP contribution in [-0.4, -0.2) is 21.5 Å². The standard InChI is InChI=1S/C12H13Cl3N4/c1-2-3-16-6-8-7-17-18-19(8)12-5-10(14)9(13)4-11(12)15/h4-5,7,16H,2-3,6H2,1H3. The molecule has 0 saturated carbocycles. The highest BCUT2D eigenvalue weighted by Crippen LogP contribution is 2.31. The van der Waals surface area contributed by atoms with Crippen LogP contribution in [0.5, 0.6) is 0 Å². The number of nitrogens with zero attached hydrogens (tertiary/aromatic N) is 3. The molecule has 102 valence electrons. The second kappa shape index (κ2) is 6.57. The summed E-state index contributed by atoms with van der Waals surface area (Å²) in [5.41, 5.74) is 1.58. The van der Waals surface area contributed by atoms with Crippen LogP contribution in [0.15, 0.2) is 18.3 Å². The van der Waals surface area contributed by atoms with Gasteiger partial charge in [0.05, 0.1) is 32.6 Å². The number of benzene rings is 1. The first-order chi connectivity index (χ1) is 9.13. The van der Waals surface area contributed by atoms with Crippen molar-refractivity contribution in [3.05, 3.63) is 39.1 Å². The number of rotatable bonds is 5. The molecule has 0 bridgehead atoms. The molecule has 2 rings (SSSR count). The summed E-state index contributed by atoms with van der Waals surface area (Å²) >= 11 is 18.1. The topological polar surface area (TPSA) is 42.7 Å². The van der Waals surface area contributed by atoms with Gasteiger partial charge in [-0.2, -0.15) is 0 Å². The zero-order chi connectivity index (χ0) is 13.8. The molecular formula is C12H13Cl3N4. The summed E-state index contributed by atoms with van der Waals surface area (Å²) in [5, 5.41) is 12.6. The molecule has 0 radical (unpaired) electrons. The van der Waals surface area contributed by atoms with E-state index in [4.69, 9.17) is 34.8 Å². The SMILES string of the molecule is CCCNCc1cnnn1-c1cc(Cl)c(Cl)cc1Cl. The maximum atomic E-state index is 6.17. The Kier molecular flexibility index (Phi) is 5.05. The molecule has 1 aromatic heterocycles. The summed E-state index contributed by atoms with van der Waals surface area (Å²) in [4.78, 5) is 0. The van der Waals surface area contributed by atoms with Gasteiger partial charge in [-0.05, 0) is 25.1 Å². The number of hydrogen-bond donors (Lipinski definition) is 1. The fourth-order valence-corrected chi connectivity index (χ4v) is 2.27. The second-order valence-electron chi connectivity index (χ2n) is 4.03. The summed E-state index contributed by atoms with van der Waals surface area (Å²) in [5.74, 6) is 0. The van der Waals surface area contributed by atoms with E-state index in [0.717, 1.165) is 18.7 Å². The maximum absolute atomic E-state index is 6.17. The van der Waals surface area contributed by atoms with Crippen LogP contribution in [0, 0.1) is 0 Å². The summed E-state index contributed by atoms with van der Waals surface area (Å²) in [7, 11) is 0. The summed E-state index contributed by atoms with van der Waals surface area (Å²) in [6.07, 6.45) is 2.76. The normalized spacial score (nSPS) is 10.9. The van der Waals surface area contributed by atoms with E-state index in [1.54, 1.807) is 23.0 Å². The van der Waals surface area contributed by atoms with E-state index in [2.05, 4.69) is 22.6 Å². The third kappa shape index (κ3) is 3.39. The fraction of sp³-hybridized carbons (Fsp3) is 0.333. The Bertz CT molecular complexity index is 568. The minimum Gasteiger partial charge on any atom is -0.311 e. The largest absolute Gasteiger partial charge is 0.311 e. The van der Waals surface area contributed by atoms with Gasteiger partial charge in [0, 0.05) is 6.54 Å². The van der Waals surface area contributed by atoms with Crippen molar-refractivity contribution in [2.75, 3.05) is 6.54 Å². The van der Waals surface area contributed by atoms with Crippen LogP contribution in [0.1, 0.15) is 19.0 Å². The molecular weight excluding hydrogens is 307 g/mol. The Morgan fingerprint density at radius 1 is 1.16 bits per heavy atom. The Hall–Kier alpha value is -0.810. The van der Waals surface area contributed by atoms with Crippen molar-refractivity contribution >= 4 is 34.8 Å². The fourth-order valence-electron chi connectivity index (χ4n) is 1.65. The van der Waals surface area contributed by atoms with E-state index >= 15 is 0 Å². The highest BCUT2D eigenvalue weighted by molar-refractivity contribution is 6.43. The first-order valence-electron chi connectivity index (χ1n) is 5.88. The third-order valence-corrected chi connectivity index (χ3v) is 3.60. The van der Waals surface area contributed by atoms with Gasteiger partial charge < -0.3 is 5.32 Å². The molecule has 19 heavy (non-hydrogen) atoms. The zero-order valence-corrected chi connectivity index (χ0v) is 12.6. The van der Waals surface area contributed by atoms with Crippen LogP contribution in [0.4, 0.5) is 0 Å². The van der Waals surface area contributed by atoms with Gasteiger partial charge in [0.1, 0.15) is 0 Å². The number of nitrogens with one attached hydrogen (secondary N) is 1. The highest BCUT2D eigenvalue weighted by Gasteiger charge is 2.12. The van der Waals surface area contributed by atoms with Crippen molar-refractivity contribution in [2.45, 2.75) is 19.9 Å². The molecule has 4 nitrogen and oxygen atoms in total. The molecule has 0 spiro atoms. The predicted molar refractivity (Wildman–Crippen MR) is 78.4 cm³/mol. The van der Waals surface area contributed by atoms with Gasteiger partial charge >= 0.3 is 0 Å².